The Kier molecular flexibility index (Phi) is 8.48. The first-order chi connectivity index (χ1) is 13.3. The SMILES string of the molecule is C=CCN(C(C(=C)C(=O)OC)c1ccc([N+](=O)[O-])cc1)S(=O)(=O)CC[Si](C)(C)C. The fourth-order valence-corrected chi connectivity index (χ4v) is 7.24. The first kappa shape index (κ1) is 24.7. The molecule has 29 heavy (non-hydrogen) atoms. The van der Waals surface area contributed by atoms with E-state index in [1.54, 1.807) is 0 Å². The molecule has 0 aliphatic rings. The molecule has 1 aromatic carbocycles. The molecule has 0 aromatic heterocycles. The average molecular weight is 441 g/mol. The summed E-state index contributed by atoms with van der Waals surface area (Å²) >= 11 is 0. The summed E-state index contributed by atoms with van der Waals surface area (Å²) in [5, 5.41) is 10.9. The van der Waals surface area contributed by atoms with Crippen LogP contribution in [-0.2, 0) is 19.6 Å². The number of carbonyl (C=O) groups excluding carboxylic acids is 1. The average Bonchev–Trinajstić information content (AvgIpc) is 2.65. The number of benzene rings is 1. The maximum absolute atomic E-state index is 13.2. The van der Waals surface area contributed by atoms with E-state index in [0.29, 0.717) is 11.6 Å². The molecule has 0 amide bonds. The Morgan fingerprint density at radius 2 is 1.86 bits per heavy atom. The highest BCUT2D eigenvalue weighted by molar-refractivity contribution is 7.89. The normalized spacial score (nSPS) is 13.0. The van der Waals surface area contributed by atoms with Crippen LogP contribution in [0.3, 0.4) is 0 Å². The molecule has 1 aromatic rings. The van der Waals surface area contributed by atoms with Crippen molar-refractivity contribution < 1.29 is 22.9 Å². The number of carbonyl (C=O) groups is 1. The van der Waals surface area contributed by atoms with Gasteiger partial charge in [-0.15, -0.1) is 6.58 Å². The lowest BCUT2D eigenvalue weighted by Crippen LogP contribution is -2.40. The summed E-state index contributed by atoms with van der Waals surface area (Å²) in [7, 11) is -4.25. The number of ether oxygens (including phenoxy) is 1. The van der Waals surface area contributed by atoms with Crippen LogP contribution in [0.4, 0.5) is 5.69 Å². The van der Waals surface area contributed by atoms with E-state index < -0.39 is 35.0 Å². The number of nitrogens with zero attached hydrogens (tertiary/aromatic N) is 2. The van der Waals surface area contributed by atoms with Crippen LogP contribution in [0.1, 0.15) is 11.6 Å². The molecule has 0 heterocycles. The van der Waals surface area contributed by atoms with E-state index in [-0.39, 0.29) is 23.6 Å². The van der Waals surface area contributed by atoms with Crippen molar-refractivity contribution in [2.24, 2.45) is 0 Å². The van der Waals surface area contributed by atoms with Crippen LogP contribution < -0.4 is 0 Å². The zero-order chi connectivity index (χ0) is 22.4. The van der Waals surface area contributed by atoms with Crippen LogP contribution in [0.25, 0.3) is 0 Å². The first-order valence-corrected chi connectivity index (χ1v) is 14.3. The predicted octanol–water partition coefficient (Wildman–Crippen LogP) is 3.52. The summed E-state index contributed by atoms with van der Waals surface area (Å²) in [6.07, 6.45) is 1.43. The fraction of sp³-hybridized carbons (Fsp3) is 0.421. The molecule has 0 aliphatic carbocycles. The molecule has 0 fully saturated rings. The molecule has 0 bridgehead atoms. The third-order valence-corrected chi connectivity index (χ3v) is 8.17. The standard InChI is InChI=1S/C19H28N2O6SSi/c1-7-12-20(28(25,26)13-14-29(4,5)6)18(15(2)19(22)27-3)16-8-10-17(11-9-16)21(23)24/h7-11,18H,1-2,12-14H2,3-6H3. The minimum atomic E-state index is -3.78. The fourth-order valence-electron chi connectivity index (χ4n) is 2.62. The van der Waals surface area contributed by atoms with Gasteiger partial charge in [0.1, 0.15) is 0 Å². The van der Waals surface area contributed by atoms with Gasteiger partial charge in [-0.3, -0.25) is 10.1 Å². The number of non-ortho nitro benzene ring substituents is 1. The van der Waals surface area contributed by atoms with Crippen molar-refractivity contribution in [1.29, 1.82) is 0 Å². The van der Waals surface area contributed by atoms with Crippen molar-refractivity contribution in [3.63, 3.8) is 0 Å². The lowest BCUT2D eigenvalue weighted by atomic mass is 9.99. The predicted molar refractivity (Wildman–Crippen MR) is 116 cm³/mol. The van der Waals surface area contributed by atoms with Gasteiger partial charge < -0.3 is 4.74 Å². The Labute approximate surface area is 173 Å². The van der Waals surface area contributed by atoms with E-state index in [1.165, 1.54) is 37.5 Å². The largest absolute Gasteiger partial charge is 0.466 e. The summed E-state index contributed by atoms with van der Waals surface area (Å²) in [4.78, 5) is 22.6. The second-order valence-electron chi connectivity index (χ2n) is 7.75. The molecule has 8 nitrogen and oxygen atoms in total. The van der Waals surface area contributed by atoms with Gasteiger partial charge in [0.15, 0.2) is 0 Å². The number of nitro benzene ring substituents is 1. The van der Waals surface area contributed by atoms with Gasteiger partial charge in [-0.2, -0.15) is 4.31 Å². The third kappa shape index (κ3) is 6.91. The Hall–Kier alpha value is -2.30. The van der Waals surface area contributed by atoms with Crippen LogP contribution in [-0.4, -0.2) is 51.1 Å². The molecule has 0 radical (unpaired) electrons. The van der Waals surface area contributed by atoms with Crippen LogP contribution in [0.5, 0.6) is 0 Å². The smallest absolute Gasteiger partial charge is 0.335 e. The summed E-state index contributed by atoms with van der Waals surface area (Å²) in [6, 6.07) is 4.83. The third-order valence-electron chi connectivity index (χ3n) is 4.26. The van der Waals surface area contributed by atoms with Gasteiger partial charge in [0.05, 0.1) is 29.4 Å². The lowest BCUT2D eigenvalue weighted by Gasteiger charge is -2.31. The Balaban J connectivity index is 3.49. The number of sulfonamides is 1. The van der Waals surface area contributed by atoms with Crippen LogP contribution in [0.2, 0.25) is 25.7 Å². The van der Waals surface area contributed by atoms with Crippen molar-refractivity contribution in [2.45, 2.75) is 31.7 Å². The molecule has 10 heteroatoms. The molecule has 160 valence electrons. The lowest BCUT2D eigenvalue weighted by molar-refractivity contribution is -0.384. The van der Waals surface area contributed by atoms with Crippen LogP contribution >= 0.6 is 0 Å². The van der Waals surface area contributed by atoms with Crippen LogP contribution in [0.15, 0.2) is 49.1 Å². The molecule has 1 unspecified atom stereocenters. The molecule has 1 rings (SSSR count). The molecular weight excluding hydrogens is 412 g/mol. The zero-order valence-corrected chi connectivity index (χ0v) is 19.1. The molecule has 0 saturated carbocycles. The maximum atomic E-state index is 13.2. The van der Waals surface area contributed by atoms with Gasteiger partial charge in [0, 0.05) is 26.8 Å². The molecule has 0 aliphatic heterocycles. The first-order valence-electron chi connectivity index (χ1n) is 8.96. The number of nitro groups is 1. The number of methoxy groups -OCH3 is 1. The van der Waals surface area contributed by atoms with E-state index in [4.69, 9.17) is 4.74 Å². The van der Waals surface area contributed by atoms with Gasteiger partial charge >= 0.3 is 5.97 Å². The minimum absolute atomic E-state index is 0.0499. The van der Waals surface area contributed by atoms with E-state index in [1.807, 2.05) is 0 Å². The molecule has 1 atom stereocenters. The van der Waals surface area contributed by atoms with Gasteiger partial charge in [0.25, 0.3) is 5.69 Å². The summed E-state index contributed by atoms with van der Waals surface area (Å²) in [5.74, 6) is -0.836. The van der Waals surface area contributed by atoms with Crippen LogP contribution in [0, 0.1) is 10.1 Å². The van der Waals surface area contributed by atoms with Gasteiger partial charge in [-0.25, -0.2) is 13.2 Å². The van der Waals surface area contributed by atoms with E-state index >= 15 is 0 Å². The van der Waals surface area contributed by atoms with Gasteiger partial charge in [0.2, 0.25) is 10.0 Å². The highest BCUT2D eigenvalue weighted by Gasteiger charge is 2.35. The quantitative estimate of drug-likeness (QED) is 0.130. The highest BCUT2D eigenvalue weighted by Crippen LogP contribution is 2.32. The van der Waals surface area contributed by atoms with E-state index in [2.05, 4.69) is 32.8 Å². The monoisotopic (exact) mass is 440 g/mol. The molecule has 0 N–H and O–H groups in total. The highest BCUT2D eigenvalue weighted by atomic mass is 32.2. The van der Waals surface area contributed by atoms with E-state index in [9.17, 15) is 23.3 Å². The summed E-state index contributed by atoms with van der Waals surface area (Å²) in [5.41, 5.74) is 0.150. The molecule has 0 saturated heterocycles. The zero-order valence-electron chi connectivity index (χ0n) is 17.3. The number of hydrogen-bond acceptors (Lipinski definition) is 6. The Bertz CT molecular complexity index is 875. The van der Waals surface area contributed by atoms with Crippen molar-refractivity contribution in [3.8, 4) is 0 Å². The van der Waals surface area contributed by atoms with Gasteiger partial charge in [-0.1, -0.05) is 44.4 Å². The van der Waals surface area contributed by atoms with E-state index in [0.717, 1.165) is 4.31 Å². The Morgan fingerprint density at radius 1 is 1.31 bits per heavy atom. The molecule has 0 spiro atoms. The van der Waals surface area contributed by atoms with Gasteiger partial charge in [-0.05, 0) is 11.6 Å². The Morgan fingerprint density at radius 3 is 2.28 bits per heavy atom. The second-order valence-corrected chi connectivity index (χ2v) is 15.4. The summed E-state index contributed by atoms with van der Waals surface area (Å²) in [6.45, 7) is 13.5. The van der Waals surface area contributed by atoms with Crippen molar-refractivity contribution in [2.75, 3.05) is 19.4 Å². The number of esters is 1. The van der Waals surface area contributed by atoms with Crippen molar-refractivity contribution >= 4 is 29.8 Å². The number of rotatable bonds is 11. The van der Waals surface area contributed by atoms with Crippen molar-refractivity contribution in [3.05, 3.63) is 64.8 Å². The molecular formula is C19H28N2O6SSi. The maximum Gasteiger partial charge on any atom is 0.335 e. The second kappa shape index (κ2) is 9.95. The van der Waals surface area contributed by atoms with Crippen molar-refractivity contribution in [1.82, 2.24) is 4.31 Å². The summed E-state index contributed by atoms with van der Waals surface area (Å²) < 4.78 is 32.2. The number of hydrogen-bond donors (Lipinski definition) is 0. The minimum Gasteiger partial charge on any atom is -0.466 e. The topological polar surface area (TPSA) is 107 Å².